The normalized spacial score (nSPS) is 33.3. The van der Waals surface area contributed by atoms with Crippen molar-refractivity contribution in [2.45, 2.75) is 49.5 Å². The Kier molecular flexibility index (Phi) is 5.40. The third kappa shape index (κ3) is 3.22. The summed E-state index contributed by atoms with van der Waals surface area (Å²) in [4.78, 5) is 0. The minimum absolute atomic E-state index is 0.147. The molecule has 5 rings (SSSR count). The fourth-order valence-corrected chi connectivity index (χ4v) is 4.84. The minimum Gasteiger partial charge on any atom is -0.486 e. The van der Waals surface area contributed by atoms with Gasteiger partial charge in [0.25, 0.3) is 0 Å². The van der Waals surface area contributed by atoms with Gasteiger partial charge in [0.1, 0.15) is 37.1 Å². The first kappa shape index (κ1) is 21.6. The third-order valence-corrected chi connectivity index (χ3v) is 6.72. The number of aliphatic hydroxyl groups excluding tert-OH is 4. The lowest BCUT2D eigenvalue weighted by molar-refractivity contribution is -0.329. The molecular weight excluding hydrogens is 416 g/mol. The quantitative estimate of drug-likeness (QED) is 0.531. The Labute approximate surface area is 185 Å². The smallest absolute Gasteiger partial charge is 0.225 e. The second-order valence-electron chi connectivity index (χ2n) is 8.65. The Morgan fingerprint density at radius 1 is 0.938 bits per heavy atom. The third-order valence-electron chi connectivity index (χ3n) is 6.72. The Morgan fingerprint density at radius 2 is 1.72 bits per heavy atom. The van der Waals surface area contributed by atoms with Crippen molar-refractivity contribution in [3.05, 3.63) is 58.7 Å². The number of rotatable bonds is 5. The van der Waals surface area contributed by atoms with Crippen molar-refractivity contribution >= 4 is 0 Å². The molecule has 3 heterocycles. The Bertz CT molecular complexity index is 1010. The van der Waals surface area contributed by atoms with E-state index in [0.29, 0.717) is 25.2 Å². The number of aliphatic hydroxyl groups is 4. The van der Waals surface area contributed by atoms with Crippen LogP contribution in [0.3, 0.4) is 0 Å². The van der Waals surface area contributed by atoms with Crippen LogP contribution < -0.4 is 9.47 Å². The van der Waals surface area contributed by atoms with E-state index < -0.39 is 36.3 Å². The number of aryl methyl sites for hydroxylation is 1. The summed E-state index contributed by atoms with van der Waals surface area (Å²) in [7, 11) is 0. The number of hydrogen-bond donors (Lipinski definition) is 4. The van der Waals surface area contributed by atoms with E-state index in [-0.39, 0.29) is 6.61 Å². The zero-order valence-electron chi connectivity index (χ0n) is 17.9. The van der Waals surface area contributed by atoms with Crippen molar-refractivity contribution in [1.29, 1.82) is 0 Å². The van der Waals surface area contributed by atoms with E-state index in [9.17, 15) is 20.4 Å². The molecule has 8 nitrogen and oxygen atoms in total. The van der Waals surface area contributed by atoms with Gasteiger partial charge in [-0.3, -0.25) is 0 Å². The van der Waals surface area contributed by atoms with E-state index in [0.717, 1.165) is 34.6 Å². The number of hydrogen-bond acceptors (Lipinski definition) is 8. The first-order valence-electron chi connectivity index (χ1n) is 10.9. The molecule has 0 amide bonds. The van der Waals surface area contributed by atoms with Gasteiger partial charge in [0.05, 0.1) is 13.2 Å². The van der Waals surface area contributed by atoms with Gasteiger partial charge in [-0.15, -0.1) is 0 Å². The maximum absolute atomic E-state index is 10.8. The highest BCUT2D eigenvalue weighted by Gasteiger charge is 2.67. The molecular formula is C24H28O8. The maximum Gasteiger partial charge on any atom is 0.225 e. The SMILES string of the molecule is CCc1ccc([C@]23OCC(CO)(O2)C(O)C(O)C3O)cc1Cc1ccc2c(c1)OCCO2. The highest BCUT2D eigenvalue weighted by molar-refractivity contribution is 5.46. The van der Waals surface area contributed by atoms with E-state index in [4.69, 9.17) is 18.9 Å². The van der Waals surface area contributed by atoms with Crippen LogP contribution in [0, 0.1) is 0 Å². The molecule has 0 aliphatic carbocycles. The first-order valence-corrected chi connectivity index (χ1v) is 10.9. The number of fused-ring (bicyclic) bond motifs is 3. The topological polar surface area (TPSA) is 118 Å². The van der Waals surface area contributed by atoms with Crippen molar-refractivity contribution in [2.75, 3.05) is 26.4 Å². The molecule has 32 heavy (non-hydrogen) atoms. The predicted octanol–water partition coefficient (Wildman–Crippen LogP) is 0.638. The van der Waals surface area contributed by atoms with E-state index >= 15 is 0 Å². The van der Waals surface area contributed by atoms with Crippen LogP contribution in [0.4, 0.5) is 0 Å². The van der Waals surface area contributed by atoms with Gasteiger partial charge in [-0.1, -0.05) is 25.1 Å². The van der Waals surface area contributed by atoms with Gasteiger partial charge < -0.3 is 39.4 Å². The fourth-order valence-electron chi connectivity index (χ4n) is 4.84. The molecule has 2 saturated heterocycles. The molecule has 8 heteroatoms. The van der Waals surface area contributed by atoms with Gasteiger partial charge in [-0.05, 0) is 47.7 Å². The van der Waals surface area contributed by atoms with Crippen molar-refractivity contribution in [1.82, 2.24) is 0 Å². The van der Waals surface area contributed by atoms with Crippen LogP contribution in [0.1, 0.15) is 29.2 Å². The van der Waals surface area contributed by atoms with Gasteiger partial charge in [0.2, 0.25) is 5.79 Å². The van der Waals surface area contributed by atoms with Crippen molar-refractivity contribution in [2.24, 2.45) is 0 Å². The minimum atomic E-state index is -1.67. The Morgan fingerprint density at radius 3 is 2.47 bits per heavy atom. The van der Waals surface area contributed by atoms with E-state index in [1.807, 2.05) is 30.3 Å². The van der Waals surface area contributed by atoms with Crippen molar-refractivity contribution in [3.8, 4) is 11.5 Å². The predicted molar refractivity (Wildman–Crippen MR) is 113 cm³/mol. The van der Waals surface area contributed by atoms with Crippen LogP contribution in [0.15, 0.2) is 36.4 Å². The molecule has 3 aliphatic rings. The van der Waals surface area contributed by atoms with Gasteiger partial charge in [-0.25, -0.2) is 0 Å². The fraction of sp³-hybridized carbons (Fsp3) is 0.500. The summed E-state index contributed by atoms with van der Waals surface area (Å²) in [6.07, 6.45) is -3.10. The summed E-state index contributed by atoms with van der Waals surface area (Å²) in [5.41, 5.74) is 2.21. The summed E-state index contributed by atoms with van der Waals surface area (Å²) in [5, 5.41) is 41.5. The summed E-state index contributed by atoms with van der Waals surface area (Å²) in [6, 6.07) is 11.5. The monoisotopic (exact) mass is 444 g/mol. The molecule has 4 N–H and O–H groups in total. The lowest BCUT2D eigenvalue weighted by Crippen LogP contribution is -2.65. The first-order chi connectivity index (χ1) is 15.4. The Hall–Kier alpha value is -2.20. The molecule has 172 valence electrons. The average Bonchev–Trinajstić information content (AvgIpc) is 3.22. The van der Waals surface area contributed by atoms with Crippen LogP contribution in [-0.4, -0.2) is 70.8 Å². The molecule has 2 aromatic carbocycles. The maximum atomic E-state index is 10.8. The summed E-state index contributed by atoms with van der Waals surface area (Å²) < 4.78 is 23.2. The highest BCUT2D eigenvalue weighted by atomic mass is 16.8. The summed E-state index contributed by atoms with van der Waals surface area (Å²) in [6.45, 7) is 2.43. The molecule has 4 unspecified atom stereocenters. The lowest BCUT2D eigenvalue weighted by Gasteiger charge is -2.46. The zero-order chi connectivity index (χ0) is 22.5. The molecule has 3 aliphatic heterocycles. The van der Waals surface area contributed by atoms with Gasteiger partial charge in [-0.2, -0.15) is 0 Å². The van der Waals surface area contributed by atoms with E-state index in [1.54, 1.807) is 6.07 Å². The van der Waals surface area contributed by atoms with Crippen LogP contribution in [0.25, 0.3) is 0 Å². The summed E-state index contributed by atoms with van der Waals surface area (Å²) in [5.74, 6) is -0.222. The van der Waals surface area contributed by atoms with Gasteiger partial charge >= 0.3 is 0 Å². The zero-order valence-corrected chi connectivity index (χ0v) is 17.9. The molecule has 0 spiro atoms. The molecule has 0 saturated carbocycles. The summed E-state index contributed by atoms with van der Waals surface area (Å²) >= 11 is 0. The molecule has 2 aromatic rings. The molecule has 0 aromatic heterocycles. The highest BCUT2D eigenvalue weighted by Crippen LogP contribution is 2.49. The second kappa shape index (κ2) is 7.98. The van der Waals surface area contributed by atoms with E-state index in [2.05, 4.69) is 6.92 Å². The standard InChI is InChI=1S/C24H28O8/c1-2-15-4-5-17(24-22(28)20(26)21(27)23(12-25,32-24)13-31-24)11-16(15)9-14-3-6-18-19(10-14)30-8-7-29-18/h3-6,10-11,20-22,25-28H,2,7-9,12-13H2,1H3/t20?,21?,22?,23?,24-/m0/s1. The average molecular weight is 444 g/mol. The Balaban J connectivity index is 1.51. The molecule has 0 radical (unpaired) electrons. The van der Waals surface area contributed by atoms with Crippen LogP contribution in [-0.2, 0) is 28.1 Å². The van der Waals surface area contributed by atoms with Gasteiger partial charge in [0.15, 0.2) is 11.5 Å². The van der Waals surface area contributed by atoms with Crippen LogP contribution in [0.2, 0.25) is 0 Å². The van der Waals surface area contributed by atoms with E-state index in [1.165, 1.54) is 0 Å². The number of ether oxygens (including phenoxy) is 4. The largest absolute Gasteiger partial charge is 0.486 e. The van der Waals surface area contributed by atoms with Crippen LogP contribution in [0.5, 0.6) is 11.5 Å². The second-order valence-corrected chi connectivity index (χ2v) is 8.65. The molecule has 5 atom stereocenters. The van der Waals surface area contributed by atoms with Gasteiger partial charge in [0, 0.05) is 5.56 Å². The number of benzene rings is 2. The lowest BCUT2D eigenvalue weighted by atomic mass is 9.83. The van der Waals surface area contributed by atoms with Crippen molar-refractivity contribution in [3.63, 3.8) is 0 Å². The molecule has 2 fully saturated rings. The molecule has 2 bridgehead atoms. The van der Waals surface area contributed by atoms with Crippen molar-refractivity contribution < 1.29 is 39.4 Å². The van der Waals surface area contributed by atoms with Crippen LogP contribution >= 0.6 is 0 Å².